The summed E-state index contributed by atoms with van der Waals surface area (Å²) in [6, 6.07) is 13.4. The largest absolute Gasteiger partial charge is 0.493 e. The second-order valence-corrected chi connectivity index (χ2v) is 6.03. The Hall–Kier alpha value is -2.49. The molecule has 8 heteroatoms. The Labute approximate surface area is 189 Å². The maximum absolute atomic E-state index is 11.7. The van der Waals surface area contributed by atoms with Gasteiger partial charge in [0.2, 0.25) is 0 Å². The van der Waals surface area contributed by atoms with Gasteiger partial charge in [0.15, 0.2) is 17.5 Å². The van der Waals surface area contributed by atoms with E-state index in [1.54, 1.807) is 34.4 Å². The molecule has 0 aromatic heterocycles. The lowest BCUT2D eigenvalue weighted by molar-refractivity contribution is 0.0963. The molecule has 2 aromatic carbocycles. The van der Waals surface area contributed by atoms with Gasteiger partial charge in [-0.2, -0.15) is 0 Å². The van der Waals surface area contributed by atoms with Crippen LogP contribution in [0.2, 0.25) is 0 Å². The number of benzene rings is 2. The van der Waals surface area contributed by atoms with Crippen molar-refractivity contribution >= 4 is 35.8 Å². The minimum Gasteiger partial charge on any atom is -0.493 e. The third-order valence-electron chi connectivity index (χ3n) is 4.28. The Morgan fingerprint density at radius 2 is 1.83 bits per heavy atom. The van der Waals surface area contributed by atoms with Gasteiger partial charge >= 0.3 is 0 Å². The predicted molar refractivity (Wildman–Crippen MR) is 127 cm³/mol. The Morgan fingerprint density at radius 1 is 1.07 bits per heavy atom. The van der Waals surface area contributed by atoms with Crippen molar-refractivity contribution in [3.8, 4) is 11.5 Å². The smallest absolute Gasteiger partial charge is 0.251 e. The molecule has 0 spiro atoms. The molecule has 0 fully saturated rings. The molecule has 1 amide bonds. The van der Waals surface area contributed by atoms with Gasteiger partial charge in [-0.25, -0.2) is 0 Å². The monoisotopic (exact) mass is 512 g/mol. The minimum absolute atomic E-state index is 0. The predicted octanol–water partition coefficient (Wildman–Crippen LogP) is 2.59. The van der Waals surface area contributed by atoms with Crippen molar-refractivity contribution in [3.63, 3.8) is 0 Å². The number of para-hydroxylation sites is 1. The normalized spacial score (nSPS) is 10.6. The molecule has 0 saturated carbocycles. The first-order valence-electron chi connectivity index (χ1n) is 9.08. The fraction of sp³-hybridized carbons (Fsp3) is 0.333. The number of rotatable bonds is 8. The number of carbonyl (C=O) groups is 1. The lowest BCUT2D eigenvalue weighted by atomic mass is 10.1. The first-order chi connectivity index (χ1) is 13.6. The number of carbonyl (C=O) groups excluding carboxylic acids is 1. The lowest BCUT2D eigenvalue weighted by Crippen LogP contribution is -2.37. The fourth-order valence-corrected chi connectivity index (χ4v) is 2.83. The van der Waals surface area contributed by atoms with Crippen molar-refractivity contribution in [1.29, 1.82) is 0 Å². The number of amides is 1. The van der Waals surface area contributed by atoms with Crippen LogP contribution in [-0.2, 0) is 13.0 Å². The molecule has 2 aromatic rings. The summed E-state index contributed by atoms with van der Waals surface area (Å²) in [5.41, 5.74) is 2.72. The Balaban J connectivity index is 0.00000420. The van der Waals surface area contributed by atoms with E-state index < -0.39 is 0 Å². The highest BCUT2D eigenvalue weighted by molar-refractivity contribution is 14.0. The summed E-state index contributed by atoms with van der Waals surface area (Å²) in [4.78, 5) is 16.0. The average Bonchev–Trinajstić information content (AvgIpc) is 2.75. The SMILES string of the molecule is CN=C(NCCc1cccc(C(=O)NC)c1)NCc1cccc(OC)c1OC.I. The molecule has 0 radical (unpaired) electrons. The van der Waals surface area contributed by atoms with E-state index in [1.807, 2.05) is 36.4 Å². The summed E-state index contributed by atoms with van der Waals surface area (Å²) >= 11 is 0. The number of nitrogens with one attached hydrogen (secondary N) is 3. The third-order valence-corrected chi connectivity index (χ3v) is 4.28. The van der Waals surface area contributed by atoms with Crippen molar-refractivity contribution in [2.75, 3.05) is 34.9 Å². The van der Waals surface area contributed by atoms with Crippen molar-refractivity contribution in [2.24, 2.45) is 4.99 Å². The van der Waals surface area contributed by atoms with Gasteiger partial charge < -0.3 is 25.4 Å². The molecular weight excluding hydrogens is 483 g/mol. The topological polar surface area (TPSA) is 84.0 Å². The molecule has 0 aliphatic rings. The van der Waals surface area contributed by atoms with Crippen molar-refractivity contribution in [1.82, 2.24) is 16.0 Å². The fourth-order valence-electron chi connectivity index (χ4n) is 2.83. The molecule has 0 aliphatic heterocycles. The zero-order valence-corrected chi connectivity index (χ0v) is 19.6. The number of methoxy groups -OCH3 is 2. The third kappa shape index (κ3) is 7.12. The number of halogens is 1. The number of hydrogen-bond donors (Lipinski definition) is 3. The van der Waals surface area contributed by atoms with E-state index in [9.17, 15) is 4.79 Å². The number of nitrogens with zero attached hydrogens (tertiary/aromatic N) is 1. The highest BCUT2D eigenvalue weighted by Gasteiger charge is 2.10. The summed E-state index contributed by atoms with van der Waals surface area (Å²) in [7, 11) is 6.60. The first kappa shape index (κ1) is 24.5. The molecule has 0 heterocycles. The van der Waals surface area contributed by atoms with Crippen molar-refractivity contribution in [2.45, 2.75) is 13.0 Å². The van der Waals surface area contributed by atoms with E-state index in [0.29, 0.717) is 36.1 Å². The van der Waals surface area contributed by atoms with Crippen LogP contribution in [0.15, 0.2) is 47.5 Å². The van der Waals surface area contributed by atoms with E-state index in [2.05, 4.69) is 20.9 Å². The lowest BCUT2D eigenvalue weighted by Gasteiger charge is -2.15. The van der Waals surface area contributed by atoms with Crippen LogP contribution in [0.4, 0.5) is 0 Å². The molecule has 3 N–H and O–H groups in total. The summed E-state index contributed by atoms with van der Waals surface area (Å²) in [6.07, 6.45) is 0.772. The summed E-state index contributed by atoms with van der Waals surface area (Å²) in [5, 5.41) is 9.20. The molecule has 158 valence electrons. The van der Waals surface area contributed by atoms with E-state index in [-0.39, 0.29) is 29.9 Å². The van der Waals surface area contributed by atoms with Gasteiger partial charge in [0.1, 0.15) is 0 Å². The molecule has 0 saturated heterocycles. The second kappa shape index (κ2) is 12.9. The zero-order chi connectivity index (χ0) is 20.4. The van der Waals surface area contributed by atoms with Crippen molar-refractivity contribution in [3.05, 3.63) is 59.2 Å². The molecule has 0 aliphatic carbocycles. The van der Waals surface area contributed by atoms with E-state index >= 15 is 0 Å². The average molecular weight is 512 g/mol. The van der Waals surface area contributed by atoms with Crippen LogP contribution in [-0.4, -0.2) is 46.7 Å². The summed E-state index contributed by atoms with van der Waals surface area (Å²) in [6.45, 7) is 1.23. The van der Waals surface area contributed by atoms with Gasteiger partial charge in [-0.3, -0.25) is 9.79 Å². The Bertz CT molecular complexity index is 827. The van der Waals surface area contributed by atoms with Gasteiger partial charge in [0, 0.05) is 38.3 Å². The highest BCUT2D eigenvalue weighted by Crippen LogP contribution is 2.30. The summed E-state index contributed by atoms with van der Waals surface area (Å²) in [5.74, 6) is 2.01. The first-order valence-corrected chi connectivity index (χ1v) is 9.08. The van der Waals surface area contributed by atoms with Crippen molar-refractivity contribution < 1.29 is 14.3 Å². The highest BCUT2D eigenvalue weighted by atomic mass is 127. The minimum atomic E-state index is -0.0838. The van der Waals surface area contributed by atoms with E-state index in [0.717, 1.165) is 17.5 Å². The van der Waals surface area contributed by atoms with Gasteiger partial charge in [-0.1, -0.05) is 24.3 Å². The Morgan fingerprint density at radius 3 is 2.48 bits per heavy atom. The van der Waals surface area contributed by atoms with Gasteiger partial charge in [0.05, 0.1) is 14.2 Å². The number of hydrogen-bond acceptors (Lipinski definition) is 4. The number of aliphatic imine (C=N–C) groups is 1. The van der Waals surface area contributed by atoms with Crippen LogP contribution in [0.25, 0.3) is 0 Å². The van der Waals surface area contributed by atoms with Crippen LogP contribution >= 0.6 is 24.0 Å². The van der Waals surface area contributed by atoms with Crippen LogP contribution in [0.3, 0.4) is 0 Å². The van der Waals surface area contributed by atoms with Gasteiger partial charge in [-0.15, -0.1) is 24.0 Å². The Kier molecular flexibility index (Phi) is 10.9. The van der Waals surface area contributed by atoms with E-state index in [4.69, 9.17) is 9.47 Å². The molecular formula is C21H29IN4O3. The standard InChI is InChI=1S/C21H28N4O3.HI/c1-22-20(26)16-8-5-7-15(13-16)11-12-24-21(23-2)25-14-17-9-6-10-18(27-3)19(17)28-4;/h5-10,13H,11-12,14H2,1-4H3,(H,22,26)(H2,23,24,25);1H. The zero-order valence-electron chi connectivity index (χ0n) is 17.2. The molecule has 7 nitrogen and oxygen atoms in total. The molecule has 0 unspecified atom stereocenters. The molecule has 2 rings (SSSR count). The summed E-state index contributed by atoms with van der Waals surface area (Å²) < 4.78 is 10.8. The maximum Gasteiger partial charge on any atom is 0.251 e. The van der Waals surface area contributed by atoms with Gasteiger partial charge in [-0.05, 0) is 30.2 Å². The van der Waals surface area contributed by atoms with Crippen LogP contribution in [0, 0.1) is 0 Å². The number of guanidine groups is 1. The van der Waals surface area contributed by atoms with Crippen LogP contribution in [0.5, 0.6) is 11.5 Å². The maximum atomic E-state index is 11.7. The van der Waals surface area contributed by atoms with Gasteiger partial charge in [0.25, 0.3) is 5.91 Å². The van der Waals surface area contributed by atoms with Crippen LogP contribution < -0.4 is 25.4 Å². The molecule has 0 bridgehead atoms. The molecule has 0 atom stereocenters. The molecule has 29 heavy (non-hydrogen) atoms. The van der Waals surface area contributed by atoms with Crippen LogP contribution in [0.1, 0.15) is 21.5 Å². The second-order valence-electron chi connectivity index (χ2n) is 6.03. The quantitative estimate of drug-likeness (QED) is 0.288. The van der Waals surface area contributed by atoms with E-state index in [1.165, 1.54) is 0 Å². The number of ether oxygens (including phenoxy) is 2.